The van der Waals surface area contributed by atoms with E-state index in [2.05, 4.69) is 9.47 Å². The Morgan fingerprint density at radius 3 is 1.93 bits per heavy atom. The fourth-order valence-corrected chi connectivity index (χ4v) is 3.66. The molecule has 11 heteroatoms. The lowest BCUT2D eigenvalue weighted by atomic mass is 9.74. The molecule has 27 heavy (non-hydrogen) atoms. The molecule has 2 bridgehead atoms. The van der Waals surface area contributed by atoms with Crippen LogP contribution in [0.4, 0.5) is 35.1 Å². The Hall–Kier alpha value is -1.39. The highest BCUT2D eigenvalue weighted by Gasteiger charge is 2.83. The molecule has 0 heterocycles. The number of carbonyl (C=O) groups is 1. The average Bonchev–Trinajstić information content (AvgIpc) is 2.95. The third-order valence-electron chi connectivity index (χ3n) is 4.57. The zero-order chi connectivity index (χ0) is 21.1. The van der Waals surface area contributed by atoms with Gasteiger partial charge < -0.3 is 9.47 Å². The summed E-state index contributed by atoms with van der Waals surface area (Å²) in [5.41, 5.74) is -6.41. The van der Waals surface area contributed by atoms with E-state index in [4.69, 9.17) is 0 Å². The summed E-state index contributed by atoms with van der Waals surface area (Å²) in [6.07, 6.45) is -11.2. The van der Waals surface area contributed by atoms with Gasteiger partial charge >= 0.3 is 18.3 Å². The molecule has 2 rings (SSSR count). The Morgan fingerprint density at radius 2 is 1.56 bits per heavy atom. The first-order chi connectivity index (χ1) is 11.9. The van der Waals surface area contributed by atoms with E-state index in [0.717, 1.165) is 12.2 Å². The largest absolute Gasteiger partial charge is 0.458 e. The quantitative estimate of drug-likeness (QED) is 0.384. The van der Waals surface area contributed by atoms with E-state index in [9.17, 15) is 39.9 Å². The van der Waals surface area contributed by atoms with Crippen LogP contribution in [0.3, 0.4) is 0 Å². The third-order valence-corrected chi connectivity index (χ3v) is 4.57. The van der Waals surface area contributed by atoms with Gasteiger partial charge in [0.15, 0.2) is 0 Å². The van der Waals surface area contributed by atoms with Gasteiger partial charge in [0.2, 0.25) is 0 Å². The van der Waals surface area contributed by atoms with Gasteiger partial charge in [0.1, 0.15) is 12.2 Å². The normalized spacial score (nSPS) is 27.9. The molecule has 3 unspecified atom stereocenters. The van der Waals surface area contributed by atoms with Crippen molar-refractivity contribution in [2.24, 2.45) is 17.8 Å². The van der Waals surface area contributed by atoms with Gasteiger partial charge in [-0.25, -0.2) is 13.6 Å². The number of alkyl halides is 8. The van der Waals surface area contributed by atoms with Crippen LogP contribution in [0.2, 0.25) is 0 Å². The van der Waals surface area contributed by atoms with Crippen molar-refractivity contribution in [3.05, 3.63) is 12.2 Å². The maximum absolute atomic E-state index is 14.4. The number of allylic oxidation sites excluding steroid dienone is 2. The Labute approximate surface area is 149 Å². The first-order valence-electron chi connectivity index (χ1n) is 7.99. The predicted molar refractivity (Wildman–Crippen MR) is 75.8 cm³/mol. The Balaban J connectivity index is 2.47. The summed E-state index contributed by atoms with van der Waals surface area (Å²) in [5.74, 6) is -12.5. The maximum atomic E-state index is 14.4. The fourth-order valence-electron chi connectivity index (χ4n) is 3.66. The zero-order valence-electron chi connectivity index (χ0n) is 14.5. The van der Waals surface area contributed by atoms with Gasteiger partial charge in [-0.15, -0.1) is 0 Å². The van der Waals surface area contributed by atoms with E-state index in [-0.39, 0.29) is 0 Å². The second-order valence-corrected chi connectivity index (χ2v) is 7.65. The van der Waals surface area contributed by atoms with Gasteiger partial charge in [-0.2, -0.15) is 26.3 Å². The summed E-state index contributed by atoms with van der Waals surface area (Å²) in [6, 6.07) is 0. The molecule has 0 aromatic rings. The second kappa shape index (κ2) is 6.31. The lowest BCUT2D eigenvalue weighted by Gasteiger charge is -2.45. The molecular weight excluding hydrogens is 392 g/mol. The molecule has 0 radical (unpaired) electrons. The van der Waals surface area contributed by atoms with Crippen LogP contribution in [0.5, 0.6) is 0 Å². The van der Waals surface area contributed by atoms with Crippen molar-refractivity contribution in [1.29, 1.82) is 0 Å². The first kappa shape index (κ1) is 21.9. The smallest absolute Gasteiger partial charge is 0.427 e. The van der Waals surface area contributed by atoms with Crippen molar-refractivity contribution in [1.82, 2.24) is 0 Å². The monoisotopic (exact) mass is 410 g/mol. The SMILES string of the molecule is CC(C)(C)OC(=O)COC(C1C2C=CC(C2)C1(F)F)(C(F)(F)F)C(F)(F)F. The molecule has 0 N–H and O–H groups in total. The Kier molecular flexibility index (Phi) is 5.12. The molecule has 3 nitrogen and oxygen atoms in total. The Morgan fingerprint density at radius 1 is 1.04 bits per heavy atom. The van der Waals surface area contributed by atoms with E-state index in [1.165, 1.54) is 20.8 Å². The summed E-state index contributed by atoms with van der Waals surface area (Å²) < 4.78 is 119. The van der Waals surface area contributed by atoms with Gasteiger partial charge in [-0.3, -0.25) is 0 Å². The molecule has 0 aromatic carbocycles. The summed E-state index contributed by atoms with van der Waals surface area (Å²) in [7, 11) is 0. The molecule has 3 atom stereocenters. The first-order valence-corrected chi connectivity index (χ1v) is 7.99. The molecule has 1 fully saturated rings. The fraction of sp³-hybridized carbons (Fsp3) is 0.812. The van der Waals surface area contributed by atoms with Crippen LogP contribution in [-0.4, -0.2) is 42.1 Å². The molecule has 0 aliphatic heterocycles. The number of ether oxygens (including phenoxy) is 2. The topological polar surface area (TPSA) is 35.5 Å². The number of halogens is 8. The number of esters is 1. The highest BCUT2D eigenvalue weighted by Crippen LogP contribution is 2.64. The third kappa shape index (κ3) is 3.66. The van der Waals surface area contributed by atoms with Crippen LogP contribution >= 0.6 is 0 Å². The minimum absolute atomic E-state index is 0.554. The van der Waals surface area contributed by atoms with Crippen LogP contribution in [0.1, 0.15) is 27.2 Å². The minimum Gasteiger partial charge on any atom is -0.458 e. The standard InChI is InChI=1S/C16H18F8O3/c1-12(2,3)27-10(25)7-26-14(15(19,20)21,16(22,23)24)11-8-4-5-9(6-8)13(11,17)18/h4-5,8-9,11H,6-7H2,1-3H3. The summed E-state index contributed by atoms with van der Waals surface area (Å²) in [5, 5.41) is 0. The van der Waals surface area contributed by atoms with Crippen LogP contribution < -0.4 is 0 Å². The van der Waals surface area contributed by atoms with Crippen molar-refractivity contribution in [2.75, 3.05) is 6.61 Å². The zero-order valence-corrected chi connectivity index (χ0v) is 14.5. The number of fused-ring (bicyclic) bond motifs is 2. The highest BCUT2D eigenvalue weighted by atomic mass is 19.4. The number of carbonyl (C=O) groups excluding carboxylic acids is 1. The molecule has 2 aliphatic rings. The van der Waals surface area contributed by atoms with E-state index >= 15 is 0 Å². The van der Waals surface area contributed by atoms with Gasteiger partial charge in [-0.1, -0.05) is 12.2 Å². The molecule has 156 valence electrons. The summed E-state index contributed by atoms with van der Waals surface area (Å²) in [4.78, 5) is 11.6. The van der Waals surface area contributed by atoms with Crippen molar-refractivity contribution >= 4 is 5.97 Å². The lowest BCUT2D eigenvalue weighted by Crippen LogP contribution is -2.68. The van der Waals surface area contributed by atoms with Crippen LogP contribution in [-0.2, 0) is 14.3 Å². The maximum Gasteiger partial charge on any atom is 0.427 e. The van der Waals surface area contributed by atoms with E-state index in [1.807, 2.05) is 0 Å². The highest BCUT2D eigenvalue weighted by molar-refractivity contribution is 5.71. The summed E-state index contributed by atoms with van der Waals surface area (Å²) in [6.45, 7) is 2.23. The number of hydrogen-bond acceptors (Lipinski definition) is 3. The number of hydrogen-bond donors (Lipinski definition) is 0. The van der Waals surface area contributed by atoms with Crippen molar-refractivity contribution in [3.63, 3.8) is 0 Å². The van der Waals surface area contributed by atoms with Crippen LogP contribution in [0, 0.1) is 17.8 Å². The molecule has 0 saturated heterocycles. The minimum atomic E-state index is -6.24. The van der Waals surface area contributed by atoms with Gasteiger partial charge in [0.05, 0.1) is 5.92 Å². The van der Waals surface area contributed by atoms with Crippen molar-refractivity contribution in [3.8, 4) is 0 Å². The van der Waals surface area contributed by atoms with Crippen molar-refractivity contribution < 1.29 is 49.4 Å². The second-order valence-electron chi connectivity index (χ2n) is 7.65. The van der Waals surface area contributed by atoms with Gasteiger partial charge in [0, 0.05) is 5.92 Å². The van der Waals surface area contributed by atoms with Crippen LogP contribution in [0.15, 0.2) is 12.2 Å². The van der Waals surface area contributed by atoms with Crippen LogP contribution in [0.25, 0.3) is 0 Å². The van der Waals surface area contributed by atoms with E-state index < -0.39 is 66.2 Å². The van der Waals surface area contributed by atoms with E-state index in [1.54, 1.807) is 0 Å². The van der Waals surface area contributed by atoms with Crippen molar-refractivity contribution in [2.45, 2.75) is 56.7 Å². The lowest BCUT2D eigenvalue weighted by molar-refractivity contribution is -0.412. The molecule has 2 aliphatic carbocycles. The molecular formula is C16H18F8O3. The predicted octanol–water partition coefficient (Wildman–Crippen LogP) is 4.67. The average molecular weight is 410 g/mol. The Bertz CT molecular complexity index is 601. The summed E-state index contributed by atoms with van der Waals surface area (Å²) >= 11 is 0. The number of rotatable bonds is 4. The van der Waals surface area contributed by atoms with E-state index in [0.29, 0.717) is 0 Å². The van der Waals surface area contributed by atoms with Gasteiger partial charge in [0.25, 0.3) is 11.5 Å². The molecule has 1 saturated carbocycles. The molecule has 0 amide bonds. The van der Waals surface area contributed by atoms with Gasteiger partial charge in [-0.05, 0) is 33.1 Å². The molecule has 0 aromatic heterocycles. The molecule has 0 spiro atoms.